The summed E-state index contributed by atoms with van der Waals surface area (Å²) in [6.07, 6.45) is 0. The minimum absolute atomic E-state index is 0.811. The summed E-state index contributed by atoms with van der Waals surface area (Å²) >= 11 is 7.79. The molecule has 0 radical (unpaired) electrons. The van der Waals surface area contributed by atoms with Crippen LogP contribution in [0.1, 0.15) is 5.56 Å². The molecule has 0 spiro atoms. The molecule has 0 fully saturated rings. The van der Waals surface area contributed by atoms with Crippen molar-refractivity contribution in [3.63, 3.8) is 0 Å². The lowest BCUT2D eigenvalue weighted by Crippen LogP contribution is -1.69. The topological polar surface area (TPSA) is 0 Å². The Bertz CT molecular complexity index is 596. The summed E-state index contributed by atoms with van der Waals surface area (Å²) in [6.45, 7) is 2.12. The Kier molecular flexibility index (Phi) is 1.98. The van der Waals surface area contributed by atoms with Crippen molar-refractivity contribution in [2.45, 2.75) is 6.92 Å². The second-order valence-corrected chi connectivity index (χ2v) is 5.26. The van der Waals surface area contributed by atoms with Gasteiger partial charge in [0.2, 0.25) is 0 Å². The number of halogens is 1. The lowest BCUT2D eigenvalue weighted by atomic mass is 10.1. The molecule has 0 aliphatic carbocycles. The maximum atomic E-state index is 5.98. The predicted molar refractivity (Wildman–Crippen MR) is 69.1 cm³/mol. The summed E-state index contributed by atoms with van der Waals surface area (Å²) in [5.74, 6) is 0. The Balaban J connectivity index is 2.51. The van der Waals surface area contributed by atoms with Gasteiger partial charge in [0.15, 0.2) is 0 Å². The van der Waals surface area contributed by atoms with Gasteiger partial charge in [0.1, 0.15) is 0 Å². The maximum absolute atomic E-state index is 5.98. The van der Waals surface area contributed by atoms with Gasteiger partial charge < -0.3 is 0 Å². The zero-order valence-corrected chi connectivity index (χ0v) is 9.82. The van der Waals surface area contributed by atoms with Crippen molar-refractivity contribution in [3.8, 4) is 0 Å². The van der Waals surface area contributed by atoms with Crippen LogP contribution >= 0.6 is 22.9 Å². The molecule has 0 aliphatic rings. The van der Waals surface area contributed by atoms with Crippen molar-refractivity contribution in [2.24, 2.45) is 0 Å². The van der Waals surface area contributed by atoms with Gasteiger partial charge >= 0.3 is 0 Å². The molecule has 0 saturated carbocycles. The van der Waals surface area contributed by atoms with E-state index < -0.39 is 0 Å². The van der Waals surface area contributed by atoms with Crippen LogP contribution < -0.4 is 0 Å². The Labute approximate surface area is 97.1 Å². The smallest absolute Gasteiger partial charge is 0.0420 e. The monoisotopic (exact) mass is 232 g/mol. The third-order valence-electron chi connectivity index (χ3n) is 2.59. The molecule has 0 saturated heterocycles. The van der Waals surface area contributed by atoms with Gasteiger partial charge in [-0.05, 0) is 30.7 Å². The molecule has 0 aliphatic heterocycles. The number of hydrogen-bond donors (Lipinski definition) is 0. The van der Waals surface area contributed by atoms with E-state index in [-0.39, 0.29) is 0 Å². The fourth-order valence-corrected chi connectivity index (χ4v) is 3.34. The van der Waals surface area contributed by atoms with Crippen molar-refractivity contribution in [1.82, 2.24) is 0 Å². The molecule has 2 heteroatoms. The first-order valence-electron chi connectivity index (χ1n) is 4.82. The molecular weight excluding hydrogens is 224 g/mol. The Morgan fingerprint density at radius 1 is 0.933 bits per heavy atom. The Morgan fingerprint density at radius 2 is 1.60 bits per heavy atom. The lowest BCUT2D eigenvalue weighted by Gasteiger charge is -1.93. The van der Waals surface area contributed by atoms with Crippen LogP contribution in [0.3, 0.4) is 0 Å². The van der Waals surface area contributed by atoms with Crippen molar-refractivity contribution in [2.75, 3.05) is 0 Å². The van der Waals surface area contributed by atoms with Crippen LogP contribution in [0, 0.1) is 6.92 Å². The van der Waals surface area contributed by atoms with Crippen molar-refractivity contribution < 1.29 is 0 Å². The zero-order valence-electron chi connectivity index (χ0n) is 8.25. The molecule has 0 unspecified atom stereocenters. The largest absolute Gasteiger partial charge is 0.135 e. The number of fused-ring (bicyclic) bond motifs is 3. The molecule has 2 aromatic carbocycles. The summed E-state index contributed by atoms with van der Waals surface area (Å²) in [5.41, 5.74) is 1.31. The quantitative estimate of drug-likeness (QED) is 0.511. The van der Waals surface area contributed by atoms with Crippen molar-refractivity contribution in [1.29, 1.82) is 0 Å². The molecule has 0 amide bonds. The van der Waals surface area contributed by atoms with Crippen LogP contribution in [0.2, 0.25) is 5.02 Å². The van der Waals surface area contributed by atoms with E-state index in [1.54, 1.807) is 11.3 Å². The molecule has 74 valence electrons. The summed E-state index contributed by atoms with van der Waals surface area (Å²) < 4.78 is 2.61. The van der Waals surface area contributed by atoms with E-state index in [0.717, 1.165) is 5.02 Å². The molecular formula is C13H9ClS. The predicted octanol–water partition coefficient (Wildman–Crippen LogP) is 5.02. The first-order chi connectivity index (χ1) is 7.24. The summed E-state index contributed by atoms with van der Waals surface area (Å²) in [7, 11) is 0. The molecule has 3 rings (SSSR count). The third kappa shape index (κ3) is 1.43. The minimum atomic E-state index is 0.811. The first kappa shape index (κ1) is 9.20. The van der Waals surface area contributed by atoms with Gasteiger partial charge in [-0.15, -0.1) is 11.3 Å². The minimum Gasteiger partial charge on any atom is -0.135 e. The molecule has 0 nitrogen and oxygen atoms in total. The van der Waals surface area contributed by atoms with Crippen molar-refractivity contribution in [3.05, 3.63) is 47.0 Å². The van der Waals surface area contributed by atoms with E-state index >= 15 is 0 Å². The van der Waals surface area contributed by atoms with E-state index in [2.05, 4.69) is 31.2 Å². The van der Waals surface area contributed by atoms with Gasteiger partial charge in [-0.25, -0.2) is 0 Å². The second kappa shape index (κ2) is 3.22. The summed E-state index contributed by atoms with van der Waals surface area (Å²) in [4.78, 5) is 0. The van der Waals surface area contributed by atoms with Gasteiger partial charge in [-0.3, -0.25) is 0 Å². The van der Waals surface area contributed by atoms with Gasteiger partial charge in [-0.2, -0.15) is 0 Å². The molecule has 1 heterocycles. The average Bonchev–Trinajstić information content (AvgIpc) is 2.53. The number of benzene rings is 2. The third-order valence-corrected chi connectivity index (χ3v) is 3.94. The van der Waals surface area contributed by atoms with Gasteiger partial charge in [0.05, 0.1) is 0 Å². The lowest BCUT2D eigenvalue weighted by molar-refractivity contribution is 1.52. The van der Waals surface area contributed by atoms with E-state index in [4.69, 9.17) is 11.6 Å². The number of thiophene rings is 1. The SMILES string of the molecule is Cc1ccc2c(c1)sc1cc(Cl)ccc12. The summed E-state index contributed by atoms with van der Waals surface area (Å²) in [6, 6.07) is 12.7. The highest BCUT2D eigenvalue weighted by Gasteiger charge is 2.04. The van der Waals surface area contributed by atoms with E-state index in [9.17, 15) is 0 Å². The van der Waals surface area contributed by atoms with Crippen LogP contribution in [0.4, 0.5) is 0 Å². The Hall–Kier alpha value is -1.05. The van der Waals surface area contributed by atoms with Crippen LogP contribution in [-0.2, 0) is 0 Å². The molecule has 3 aromatic rings. The highest BCUT2D eigenvalue weighted by Crippen LogP contribution is 2.35. The zero-order chi connectivity index (χ0) is 10.4. The Morgan fingerprint density at radius 3 is 2.40 bits per heavy atom. The van der Waals surface area contributed by atoms with E-state index in [1.807, 2.05) is 12.1 Å². The number of rotatable bonds is 0. The summed E-state index contributed by atoms with van der Waals surface area (Å²) in [5, 5.41) is 3.45. The molecule has 0 atom stereocenters. The normalized spacial score (nSPS) is 11.3. The van der Waals surface area contributed by atoms with Crippen LogP contribution in [0.5, 0.6) is 0 Å². The van der Waals surface area contributed by atoms with Gasteiger partial charge in [0, 0.05) is 25.2 Å². The van der Waals surface area contributed by atoms with E-state index in [0.29, 0.717) is 0 Å². The van der Waals surface area contributed by atoms with Gasteiger partial charge in [-0.1, -0.05) is 29.8 Å². The second-order valence-electron chi connectivity index (χ2n) is 3.74. The number of hydrogen-bond acceptors (Lipinski definition) is 1. The van der Waals surface area contributed by atoms with Gasteiger partial charge in [0.25, 0.3) is 0 Å². The molecule has 1 aromatic heterocycles. The van der Waals surface area contributed by atoms with Crippen molar-refractivity contribution >= 4 is 43.1 Å². The standard InChI is InChI=1S/C13H9ClS/c1-8-2-4-10-11-5-3-9(14)7-13(11)15-12(10)6-8/h2-7H,1H3. The number of aryl methyl sites for hydroxylation is 1. The first-order valence-corrected chi connectivity index (χ1v) is 6.02. The van der Waals surface area contributed by atoms with E-state index in [1.165, 1.54) is 25.7 Å². The maximum Gasteiger partial charge on any atom is 0.0420 e. The van der Waals surface area contributed by atoms with Crippen LogP contribution in [0.25, 0.3) is 20.2 Å². The van der Waals surface area contributed by atoms with Crippen LogP contribution in [-0.4, -0.2) is 0 Å². The highest BCUT2D eigenvalue weighted by molar-refractivity contribution is 7.25. The molecule has 0 N–H and O–H groups in total. The molecule has 15 heavy (non-hydrogen) atoms. The fraction of sp³-hybridized carbons (Fsp3) is 0.0769. The fourth-order valence-electron chi connectivity index (χ4n) is 1.86. The highest BCUT2D eigenvalue weighted by atomic mass is 35.5. The molecule has 0 bridgehead atoms. The average molecular weight is 233 g/mol. The van der Waals surface area contributed by atoms with Crippen LogP contribution in [0.15, 0.2) is 36.4 Å².